The van der Waals surface area contributed by atoms with Crippen LogP contribution in [0.5, 0.6) is 0 Å². The predicted octanol–water partition coefficient (Wildman–Crippen LogP) is 8.45. The first-order valence-electron chi connectivity index (χ1n) is 12.9. The molecule has 0 saturated heterocycles. The molecule has 29 heavy (non-hydrogen) atoms. The Hall–Kier alpha value is -0.300. The van der Waals surface area contributed by atoms with Gasteiger partial charge in [-0.1, -0.05) is 60.5 Å². The van der Waals surface area contributed by atoms with Gasteiger partial charge in [0.2, 0.25) is 0 Å². The number of rotatable bonds is 4. The number of benzene rings is 1. The van der Waals surface area contributed by atoms with Crippen molar-refractivity contribution in [3.8, 4) is 0 Å². The van der Waals surface area contributed by atoms with Gasteiger partial charge in [-0.2, -0.15) is 0 Å². The Morgan fingerprint density at radius 2 is 0.931 bits per heavy atom. The Balaban J connectivity index is 1.08. The zero-order valence-electron chi connectivity index (χ0n) is 18.1. The van der Waals surface area contributed by atoms with Crippen LogP contribution in [0.4, 0.5) is 0 Å². The second-order valence-corrected chi connectivity index (χ2v) is 13.7. The summed E-state index contributed by atoms with van der Waals surface area (Å²) in [6, 6.07) is 7.68. The molecule has 0 unspecified atom stereocenters. The summed E-state index contributed by atoms with van der Waals surface area (Å²) in [5.41, 5.74) is 6.09. The van der Waals surface area contributed by atoms with Crippen molar-refractivity contribution >= 4 is 15.9 Å². The fourth-order valence-corrected chi connectivity index (χ4v) is 10.3. The van der Waals surface area contributed by atoms with E-state index in [4.69, 9.17) is 0 Å². The molecule has 0 aliphatic heterocycles. The summed E-state index contributed by atoms with van der Waals surface area (Å²) < 4.78 is 1.36. The van der Waals surface area contributed by atoms with Gasteiger partial charge in [-0.05, 0) is 121 Å². The van der Waals surface area contributed by atoms with Crippen molar-refractivity contribution < 1.29 is 0 Å². The van der Waals surface area contributed by atoms with E-state index in [-0.39, 0.29) is 0 Å². The van der Waals surface area contributed by atoms with E-state index in [0.29, 0.717) is 10.8 Å². The van der Waals surface area contributed by atoms with Gasteiger partial charge >= 0.3 is 0 Å². The van der Waals surface area contributed by atoms with Crippen molar-refractivity contribution in [3.63, 3.8) is 0 Å². The largest absolute Gasteiger partial charge is 0.0546 e. The van der Waals surface area contributed by atoms with Crippen LogP contribution in [0.1, 0.15) is 114 Å². The Morgan fingerprint density at radius 3 is 1.31 bits per heavy atom. The highest BCUT2D eigenvalue weighted by molar-refractivity contribution is 9.10. The van der Waals surface area contributed by atoms with Gasteiger partial charge in [-0.25, -0.2) is 0 Å². The van der Waals surface area contributed by atoms with Crippen molar-refractivity contribution in [3.05, 3.63) is 33.8 Å². The molecule has 4 bridgehead atoms. The molecule has 1 aromatic rings. The lowest BCUT2D eigenvalue weighted by Crippen LogP contribution is -2.68. The summed E-state index contributed by atoms with van der Waals surface area (Å²) in [5, 5.41) is 0. The monoisotopic (exact) mass is 452 g/mol. The quantitative estimate of drug-likeness (QED) is 0.429. The molecule has 0 radical (unpaired) electrons. The van der Waals surface area contributed by atoms with Crippen molar-refractivity contribution in [1.82, 2.24) is 0 Å². The van der Waals surface area contributed by atoms with Gasteiger partial charge in [0, 0.05) is 4.47 Å². The third kappa shape index (κ3) is 2.38. The maximum Gasteiger partial charge on any atom is 0.0181 e. The number of hydrogen-bond acceptors (Lipinski definition) is 0. The van der Waals surface area contributed by atoms with Gasteiger partial charge in [-0.3, -0.25) is 0 Å². The van der Waals surface area contributed by atoms with Gasteiger partial charge in [0.25, 0.3) is 0 Å². The van der Waals surface area contributed by atoms with Crippen molar-refractivity contribution in [2.24, 2.45) is 22.7 Å². The lowest BCUT2D eigenvalue weighted by atomic mass is 9.28. The predicted molar refractivity (Wildman–Crippen MR) is 123 cm³/mol. The molecule has 0 atom stereocenters. The first-order chi connectivity index (χ1) is 14.1. The third-order valence-corrected chi connectivity index (χ3v) is 11.7. The fraction of sp³-hybridized carbons (Fsp3) is 0.786. The maximum absolute atomic E-state index is 3.92. The zero-order chi connectivity index (χ0) is 19.3. The minimum absolute atomic E-state index is 0.570. The smallest absolute Gasteiger partial charge is 0.0181 e. The molecule has 0 spiro atoms. The van der Waals surface area contributed by atoms with Crippen molar-refractivity contribution in [2.75, 3.05) is 0 Å². The molecule has 156 valence electrons. The second-order valence-electron chi connectivity index (χ2n) is 12.7. The summed E-state index contributed by atoms with van der Waals surface area (Å²) in [4.78, 5) is 0. The molecule has 1 heteroatoms. The highest BCUT2D eigenvalue weighted by Crippen LogP contribution is 2.80. The standard InChI is InChI=1S/C28H37Br/c29-24-12-22(27-14-25(15-27,16-27)20-7-3-1-4-8-20)11-23(13-24)28-17-26(18-28,19-28)21-9-5-2-6-10-21/h11-13,20-21H,1-10,14-19H2. The van der Waals surface area contributed by atoms with E-state index in [1.54, 1.807) is 11.1 Å². The van der Waals surface area contributed by atoms with E-state index in [0.717, 1.165) is 22.7 Å². The Bertz CT molecular complexity index is 732. The van der Waals surface area contributed by atoms with Crippen LogP contribution in [-0.2, 0) is 10.8 Å². The molecule has 1 aromatic carbocycles. The summed E-state index contributed by atoms with van der Waals surface area (Å²) in [6.45, 7) is 0. The third-order valence-electron chi connectivity index (χ3n) is 11.2. The van der Waals surface area contributed by atoms with Crippen LogP contribution in [0.2, 0.25) is 0 Å². The van der Waals surface area contributed by atoms with Gasteiger partial charge in [0.1, 0.15) is 0 Å². The summed E-state index contributed by atoms with van der Waals surface area (Å²) in [7, 11) is 0. The molecule has 0 nitrogen and oxygen atoms in total. The lowest BCUT2D eigenvalue weighted by Gasteiger charge is -2.76. The minimum atomic E-state index is 0.570. The summed E-state index contributed by atoms with van der Waals surface area (Å²) >= 11 is 3.92. The van der Waals surface area contributed by atoms with Crippen LogP contribution in [0.15, 0.2) is 22.7 Å². The van der Waals surface area contributed by atoms with Crippen molar-refractivity contribution in [2.45, 2.75) is 114 Å². The van der Waals surface area contributed by atoms with Crippen LogP contribution in [-0.4, -0.2) is 0 Å². The average molecular weight is 454 g/mol. The van der Waals surface area contributed by atoms with Gasteiger partial charge in [-0.15, -0.1) is 0 Å². The Morgan fingerprint density at radius 1 is 0.552 bits per heavy atom. The SMILES string of the molecule is Brc1cc(C23CC(C4CCCCC4)(C2)C3)cc(C23CC(C4CCCCC4)(C2)C3)c1. The highest BCUT2D eigenvalue weighted by Gasteiger charge is 2.72. The zero-order valence-corrected chi connectivity index (χ0v) is 19.7. The highest BCUT2D eigenvalue weighted by atomic mass is 79.9. The first-order valence-corrected chi connectivity index (χ1v) is 13.7. The average Bonchev–Trinajstić information content (AvgIpc) is 2.59. The molecular weight excluding hydrogens is 416 g/mol. The molecule has 8 aliphatic rings. The molecule has 8 saturated carbocycles. The number of halogens is 1. The molecule has 0 amide bonds. The van der Waals surface area contributed by atoms with E-state index in [2.05, 4.69) is 34.1 Å². The van der Waals surface area contributed by atoms with E-state index in [1.165, 1.54) is 107 Å². The Kier molecular flexibility index (Phi) is 3.74. The molecule has 8 fully saturated rings. The molecular formula is C28H37Br. The van der Waals surface area contributed by atoms with Gasteiger partial charge in [0.05, 0.1) is 0 Å². The molecule has 8 aliphatic carbocycles. The van der Waals surface area contributed by atoms with Crippen LogP contribution >= 0.6 is 15.9 Å². The number of hydrogen-bond donors (Lipinski definition) is 0. The van der Waals surface area contributed by atoms with E-state index >= 15 is 0 Å². The van der Waals surface area contributed by atoms with Crippen molar-refractivity contribution in [1.29, 1.82) is 0 Å². The van der Waals surface area contributed by atoms with Gasteiger partial charge < -0.3 is 0 Å². The van der Waals surface area contributed by atoms with Crippen LogP contribution in [0, 0.1) is 22.7 Å². The molecule has 0 heterocycles. The van der Waals surface area contributed by atoms with Gasteiger partial charge in [0.15, 0.2) is 0 Å². The second kappa shape index (κ2) is 5.93. The fourth-order valence-electron chi connectivity index (χ4n) is 9.84. The maximum atomic E-state index is 3.92. The topological polar surface area (TPSA) is 0 Å². The van der Waals surface area contributed by atoms with E-state index < -0.39 is 0 Å². The summed E-state index contributed by atoms with van der Waals surface area (Å²) in [5.74, 6) is 2.13. The molecule has 9 rings (SSSR count). The normalized spacial score (nSPS) is 46.2. The van der Waals surface area contributed by atoms with E-state index in [1.807, 2.05) is 0 Å². The minimum Gasteiger partial charge on any atom is -0.0546 e. The van der Waals surface area contributed by atoms with E-state index in [9.17, 15) is 0 Å². The molecule has 0 aromatic heterocycles. The summed E-state index contributed by atoms with van der Waals surface area (Å²) in [6.07, 6.45) is 24.2. The lowest BCUT2D eigenvalue weighted by molar-refractivity contribution is -0.191. The van der Waals surface area contributed by atoms with Crippen LogP contribution in [0.25, 0.3) is 0 Å². The first kappa shape index (κ1) is 18.3. The van der Waals surface area contributed by atoms with Crippen LogP contribution in [0.3, 0.4) is 0 Å². The van der Waals surface area contributed by atoms with Crippen LogP contribution < -0.4 is 0 Å². The molecule has 0 N–H and O–H groups in total. The Labute approximate surface area is 185 Å².